The Balaban J connectivity index is 0.00000185. The van der Waals surface area contributed by atoms with Gasteiger partial charge < -0.3 is 31.4 Å². The third kappa shape index (κ3) is 7.94. The van der Waals surface area contributed by atoms with E-state index in [0.717, 1.165) is 113 Å². The van der Waals surface area contributed by atoms with Crippen LogP contribution in [-0.2, 0) is 21.1 Å². The molecule has 11 rings (SSSR count). The molecule has 0 saturated carbocycles. The van der Waals surface area contributed by atoms with Crippen molar-refractivity contribution in [2.75, 3.05) is 19.6 Å². The predicted molar refractivity (Wildman–Crippen MR) is 269 cm³/mol. The number of para-hydroxylation sites is 4. The largest absolute Gasteiger partial charge is 4.00 e. The summed E-state index contributed by atoms with van der Waals surface area (Å²) in [6.07, 6.45) is 0. The van der Waals surface area contributed by atoms with Crippen molar-refractivity contribution >= 4 is 45.5 Å². The van der Waals surface area contributed by atoms with Crippen LogP contribution in [0.4, 0.5) is 45.5 Å². The van der Waals surface area contributed by atoms with Gasteiger partial charge in [-0.15, -0.1) is 42.9 Å². The van der Waals surface area contributed by atoms with E-state index in [9.17, 15) is 0 Å². The molecule has 7 aromatic carbocycles. The average Bonchev–Trinajstić information content (AvgIpc) is 3.95. The molecule has 0 unspecified atom stereocenters. The van der Waals surface area contributed by atoms with Crippen molar-refractivity contribution in [1.82, 2.24) is 9.97 Å². The maximum atomic E-state index is 6.25. The fourth-order valence-corrected chi connectivity index (χ4v) is 9.63. The molecule has 8 heteroatoms. The Hall–Kier alpha value is -7.78. The number of hydrogen-bond donors (Lipinski definition) is 0. The van der Waals surface area contributed by atoms with E-state index in [-0.39, 0.29) is 21.1 Å². The van der Waals surface area contributed by atoms with Gasteiger partial charge in [0.25, 0.3) is 0 Å². The number of aryl methyl sites for hydroxylation is 4. The number of benzene rings is 7. The van der Waals surface area contributed by atoms with E-state index in [1.807, 2.05) is 0 Å². The second kappa shape index (κ2) is 19.0. The molecule has 2 aliphatic rings. The van der Waals surface area contributed by atoms with Crippen LogP contribution in [0.3, 0.4) is 0 Å². The Morgan fingerprint density at radius 1 is 0.358 bits per heavy atom. The first-order valence-electron chi connectivity index (χ1n) is 22.0. The van der Waals surface area contributed by atoms with Gasteiger partial charge in [0.1, 0.15) is 0 Å². The fraction of sp³-hybridized carbons (Fsp3) is 0.0678. The topological polar surface area (TPSA) is 62.5 Å². The van der Waals surface area contributed by atoms with E-state index >= 15 is 0 Å². The van der Waals surface area contributed by atoms with Gasteiger partial charge in [-0.05, 0) is 74.2 Å². The first-order valence-corrected chi connectivity index (χ1v) is 22.0. The zero-order chi connectivity index (χ0) is 45.3. The molecule has 0 saturated heterocycles. The Kier molecular flexibility index (Phi) is 12.6. The molecular formula is C59H45N7Pt. The average molecular weight is 1050 g/mol. The number of fused-ring (bicyclic) bond motifs is 2. The van der Waals surface area contributed by atoms with Crippen molar-refractivity contribution < 1.29 is 21.1 Å². The first kappa shape index (κ1) is 44.4. The minimum Gasteiger partial charge on any atom is -0.512 e. The van der Waals surface area contributed by atoms with Gasteiger partial charge in [0.2, 0.25) is 0 Å². The third-order valence-corrected chi connectivity index (χ3v) is 12.3. The van der Waals surface area contributed by atoms with Crippen LogP contribution in [-0.4, -0.2) is 9.97 Å². The smallest absolute Gasteiger partial charge is 0.512 e. The maximum absolute atomic E-state index is 6.25. The molecule has 2 aliphatic heterocycles. The Morgan fingerprint density at radius 3 is 0.896 bits per heavy atom. The fourth-order valence-electron chi connectivity index (χ4n) is 9.63. The summed E-state index contributed by atoms with van der Waals surface area (Å²) in [5.74, 6) is 0. The maximum Gasteiger partial charge on any atom is 4.00 e. The van der Waals surface area contributed by atoms with E-state index in [0.29, 0.717) is 0 Å². The summed E-state index contributed by atoms with van der Waals surface area (Å²) in [5, 5.41) is 6.25. The van der Waals surface area contributed by atoms with Crippen molar-refractivity contribution in [2.24, 2.45) is 0 Å². The van der Waals surface area contributed by atoms with Crippen LogP contribution in [0.1, 0.15) is 22.8 Å². The number of rotatable bonds is 8. The van der Waals surface area contributed by atoms with Gasteiger partial charge in [0.15, 0.2) is 0 Å². The van der Waals surface area contributed by atoms with Crippen LogP contribution in [0.15, 0.2) is 188 Å². The van der Waals surface area contributed by atoms with Crippen molar-refractivity contribution in [1.29, 1.82) is 5.26 Å². The van der Waals surface area contributed by atoms with E-state index in [1.165, 1.54) is 0 Å². The number of hydrogen-bond acceptors (Lipinski definition) is 7. The van der Waals surface area contributed by atoms with E-state index in [2.05, 4.69) is 255 Å². The molecule has 0 amide bonds. The third-order valence-electron chi connectivity index (χ3n) is 12.3. The van der Waals surface area contributed by atoms with Crippen molar-refractivity contribution in [2.45, 2.75) is 27.7 Å². The van der Waals surface area contributed by atoms with E-state index in [4.69, 9.17) is 21.8 Å². The minimum absolute atomic E-state index is 0. The zero-order valence-corrected chi connectivity index (χ0v) is 39.8. The van der Waals surface area contributed by atoms with Crippen LogP contribution in [0.25, 0.3) is 44.5 Å². The van der Waals surface area contributed by atoms with Gasteiger partial charge in [-0.2, -0.15) is 6.07 Å². The van der Waals surface area contributed by atoms with E-state index in [1.54, 1.807) is 0 Å². The minimum atomic E-state index is 0. The monoisotopic (exact) mass is 1050 g/mol. The Morgan fingerprint density at radius 2 is 0.612 bits per heavy atom. The number of nitrogens with zero attached hydrogens (tertiary/aromatic N) is 7. The standard InChI is InChI=1S/C58H45N6.CN.Pt/c1-39-53(43-22-9-5-10-23-43)57(54(40(2)59-39)44-24-11-6-12-25-44)63-37-61(49-32-17-19-34-51(49)63)47-30-21-31-48(36-47)62-38-64(52-35-20-18-33-50(52)62)58-55(45-26-13-7-14-27-45)41(3)60-42(4)56(58)46-28-15-8-16-29-46;1-2;/h5-35,37-38H,1-4H3;;/q-3;-1;+4. The van der Waals surface area contributed by atoms with Crippen LogP contribution in [0, 0.1) is 58.9 Å². The summed E-state index contributed by atoms with van der Waals surface area (Å²) in [7, 11) is 0. The van der Waals surface area contributed by atoms with Crippen molar-refractivity contribution in [3.05, 3.63) is 237 Å². The molecule has 0 atom stereocenters. The van der Waals surface area contributed by atoms with Crippen LogP contribution in [0.5, 0.6) is 0 Å². The molecular weight excluding hydrogens is 1000 g/mol. The summed E-state index contributed by atoms with van der Waals surface area (Å²) < 4.78 is 0. The molecule has 4 heterocycles. The van der Waals surface area contributed by atoms with Gasteiger partial charge in [-0.3, -0.25) is 9.97 Å². The summed E-state index contributed by atoms with van der Waals surface area (Å²) in [6, 6.07) is 70.2. The summed E-state index contributed by atoms with van der Waals surface area (Å²) in [4.78, 5) is 19.6. The zero-order valence-electron chi connectivity index (χ0n) is 37.5. The molecule has 9 aromatic rings. The number of pyridine rings is 2. The molecule has 2 aromatic heterocycles. The van der Waals surface area contributed by atoms with Crippen LogP contribution in [0.2, 0.25) is 0 Å². The quantitative estimate of drug-likeness (QED) is 0.141. The Labute approximate surface area is 408 Å². The SMILES string of the molecule is Cc1nc(C)c(-c2ccccc2)c(N2[CH-]N(c3[c-]c(N4[CH-]N(c5c(-c6ccccc6)c(C)nc(C)c5-c5ccccc5)c5ccccc54)ccc3)c3ccccc32)c1-c1ccccc1.[C-]#N.[Pt+4]. The van der Waals surface area contributed by atoms with Crippen LogP contribution >= 0.6 is 0 Å². The van der Waals surface area contributed by atoms with Gasteiger partial charge in [0.05, 0.1) is 0 Å². The summed E-state index contributed by atoms with van der Waals surface area (Å²) in [5.41, 5.74) is 21.1. The molecule has 0 radical (unpaired) electrons. The van der Waals surface area contributed by atoms with Gasteiger partial charge in [0, 0.05) is 79.2 Å². The van der Waals surface area contributed by atoms with Gasteiger partial charge in [-0.25, -0.2) is 0 Å². The normalized spacial score (nSPS) is 12.5. The molecule has 0 fully saturated rings. The Bertz CT molecular complexity index is 2890. The molecule has 0 N–H and O–H groups in total. The van der Waals surface area contributed by atoms with Crippen molar-refractivity contribution in [3.63, 3.8) is 0 Å². The summed E-state index contributed by atoms with van der Waals surface area (Å²) in [6.45, 7) is 17.7. The molecule has 326 valence electrons. The number of anilines is 8. The van der Waals surface area contributed by atoms with Crippen molar-refractivity contribution in [3.8, 4) is 44.5 Å². The molecule has 0 bridgehead atoms. The molecule has 0 spiro atoms. The second-order valence-electron chi connectivity index (χ2n) is 16.3. The molecule has 67 heavy (non-hydrogen) atoms. The summed E-state index contributed by atoms with van der Waals surface area (Å²) >= 11 is 0. The second-order valence-corrected chi connectivity index (χ2v) is 16.3. The van der Waals surface area contributed by atoms with Gasteiger partial charge in [-0.1, -0.05) is 146 Å². The predicted octanol–water partition coefficient (Wildman–Crippen LogP) is 15.1. The molecule has 7 nitrogen and oxygen atoms in total. The first-order chi connectivity index (χ1) is 32.4. The van der Waals surface area contributed by atoms with E-state index < -0.39 is 0 Å². The van der Waals surface area contributed by atoms with Gasteiger partial charge >= 0.3 is 21.1 Å². The number of aromatic nitrogens is 2. The molecule has 0 aliphatic carbocycles. The van der Waals surface area contributed by atoms with Crippen LogP contribution < -0.4 is 19.6 Å².